The van der Waals surface area contributed by atoms with Crippen LogP contribution in [0.25, 0.3) is 0 Å². The summed E-state index contributed by atoms with van der Waals surface area (Å²) in [7, 11) is 0. The van der Waals surface area contributed by atoms with Gasteiger partial charge in [-0.3, -0.25) is 10.1 Å². The zero-order chi connectivity index (χ0) is 14.4. The molecule has 0 aliphatic rings. The van der Waals surface area contributed by atoms with Gasteiger partial charge in [-0.05, 0) is 25.7 Å². The van der Waals surface area contributed by atoms with Gasteiger partial charge in [-0.2, -0.15) is 11.8 Å². The standard InChI is InChI=1S/C13H20N2O3S/c1-9(14-10(2)13(8-16)19-3)11-5-4-6-12(7-11)15(17)18/h4-7,9-10,13-14,16H,8H2,1-3H3. The second-order valence-corrected chi connectivity index (χ2v) is 5.56. The molecule has 0 heterocycles. The number of hydrogen-bond donors (Lipinski definition) is 2. The van der Waals surface area contributed by atoms with Crippen LogP contribution in [0.15, 0.2) is 24.3 Å². The molecular weight excluding hydrogens is 264 g/mol. The van der Waals surface area contributed by atoms with Gasteiger partial charge in [-0.15, -0.1) is 0 Å². The maximum Gasteiger partial charge on any atom is 0.269 e. The van der Waals surface area contributed by atoms with Crippen molar-refractivity contribution in [2.24, 2.45) is 0 Å². The van der Waals surface area contributed by atoms with Gasteiger partial charge in [0.2, 0.25) is 0 Å². The van der Waals surface area contributed by atoms with E-state index in [0.29, 0.717) is 0 Å². The van der Waals surface area contributed by atoms with Crippen LogP contribution in [0.4, 0.5) is 5.69 Å². The Morgan fingerprint density at radius 2 is 2.16 bits per heavy atom. The van der Waals surface area contributed by atoms with Crippen molar-refractivity contribution in [3.8, 4) is 0 Å². The van der Waals surface area contributed by atoms with Crippen molar-refractivity contribution in [3.63, 3.8) is 0 Å². The summed E-state index contributed by atoms with van der Waals surface area (Å²) in [6.07, 6.45) is 1.96. The van der Waals surface area contributed by atoms with E-state index < -0.39 is 4.92 Å². The minimum absolute atomic E-state index is 0.00361. The molecule has 0 spiro atoms. The van der Waals surface area contributed by atoms with Gasteiger partial charge >= 0.3 is 0 Å². The predicted molar refractivity (Wildman–Crippen MR) is 78.5 cm³/mol. The van der Waals surface area contributed by atoms with E-state index >= 15 is 0 Å². The summed E-state index contributed by atoms with van der Waals surface area (Å²) < 4.78 is 0. The van der Waals surface area contributed by atoms with Gasteiger partial charge < -0.3 is 10.4 Å². The van der Waals surface area contributed by atoms with Crippen molar-refractivity contribution in [1.29, 1.82) is 0 Å². The third-order valence-corrected chi connectivity index (χ3v) is 4.30. The molecular formula is C13H20N2O3S. The van der Waals surface area contributed by atoms with Gasteiger partial charge in [0.15, 0.2) is 0 Å². The number of nitro benzene ring substituents is 1. The monoisotopic (exact) mass is 284 g/mol. The molecule has 19 heavy (non-hydrogen) atoms. The zero-order valence-electron chi connectivity index (χ0n) is 11.4. The minimum atomic E-state index is -0.391. The van der Waals surface area contributed by atoms with Gasteiger partial charge in [0.1, 0.15) is 0 Å². The molecule has 0 aliphatic heterocycles. The summed E-state index contributed by atoms with van der Waals surface area (Å²) in [6, 6.07) is 6.74. The van der Waals surface area contributed by atoms with Crippen LogP contribution in [0.1, 0.15) is 25.5 Å². The summed E-state index contributed by atoms with van der Waals surface area (Å²) in [5, 5.41) is 23.5. The average molecular weight is 284 g/mol. The lowest BCUT2D eigenvalue weighted by atomic mass is 10.1. The average Bonchev–Trinajstić information content (AvgIpc) is 2.40. The molecule has 1 aromatic rings. The van der Waals surface area contributed by atoms with Gasteiger partial charge in [0, 0.05) is 29.5 Å². The highest BCUT2D eigenvalue weighted by Gasteiger charge is 2.18. The van der Waals surface area contributed by atoms with Crippen molar-refractivity contribution in [3.05, 3.63) is 39.9 Å². The molecule has 2 N–H and O–H groups in total. The first kappa shape index (κ1) is 15.9. The number of benzene rings is 1. The fraction of sp³-hybridized carbons (Fsp3) is 0.538. The summed E-state index contributed by atoms with van der Waals surface area (Å²) >= 11 is 1.60. The number of nitro groups is 1. The molecule has 3 atom stereocenters. The lowest BCUT2D eigenvalue weighted by Crippen LogP contribution is -2.38. The van der Waals surface area contributed by atoms with Gasteiger partial charge in [0.25, 0.3) is 5.69 Å². The summed E-state index contributed by atoms with van der Waals surface area (Å²) in [4.78, 5) is 10.4. The lowest BCUT2D eigenvalue weighted by molar-refractivity contribution is -0.384. The number of non-ortho nitro benzene ring substituents is 1. The Morgan fingerprint density at radius 1 is 1.47 bits per heavy atom. The normalized spacial score (nSPS) is 15.8. The van der Waals surface area contributed by atoms with Crippen LogP contribution in [-0.2, 0) is 0 Å². The fourth-order valence-corrected chi connectivity index (χ4v) is 2.58. The topological polar surface area (TPSA) is 75.4 Å². The van der Waals surface area contributed by atoms with E-state index in [4.69, 9.17) is 0 Å². The van der Waals surface area contributed by atoms with Crippen LogP contribution in [-0.4, -0.2) is 34.2 Å². The molecule has 106 valence electrons. The number of aliphatic hydroxyl groups is 1. The summed E-state index contributed by atoms with van der Waals surface area (Å²) in [6.45, 7) is 4.08. The predicted octanol–water partition coefficient (Wildman–Crippen LogP) is 2.36. The molecule has 1 rings (SSSR count). The van der Waals surface area contributed by atoms with E-state index in [1.54, 1.807) is 23.9 Å². The van der Waals surface area contributed by atoms with Crippen molar-refractivity contribution in [2.45, 2.75) is 31.2 Å². The Balaban J connectivity index is 2.75. The maximum atomic E-state index is 10.7. The van der Waals surface area contributed by atoms with Crippen molar-refractivity contribution in [1.82, 2.24) is 5.32 Å². The van der Waals surface area contributed by atoms with Crippen LogP contribution >= 0.6 is 11.8 Å². The molecule has 0 saturated heterocycles. The smallest absolute Gasteiger partial charge is 0.269 e. The lowest BCUT2D eigenvalue weighted by Gasteiger charge is -2.25. The Labute approximate surface area is 117 Å². The Hall–Kier alpha value is -1.11. The summed E-state index contributed by atoms with van der Waals surface area (Å²) in [5.74, 6) is 0. The van der Waals surface area contributed by atoms with Crippen molar-refractivity contribution >= 4 is 17.4 Å². The molecule has 0 bridgehead atoms. The maximum absolute atomic E-state index is 10.7. The first-order valence-corrected chi connectivity index (χ1v) is 7.42. The zero-order valence-corrected chi connectivity index (χ0v) is 12.2. The van der Waals surface area contributed by atoms with Crippen molar-refractivity contribution in [2.75, 3.05) is 12.9 Å². The molecule has 3 unspecified atom stereocenters. The Bertz CT molecular complexity index is 424. The first-order chi connectivity index (χ1) is 8.99. The first-order valence-electron chi connectivity index (χ1n) is 6.13. The molecule has 0 aliphatic carbocycles. The van der Waals surface area contributed by atoms with E-state index in [0.717, 1.165) is 5.56 Å². The molecule has 0 fully saturated rings. The SMILES string of the molecule is CSC(CO)C(C)NC(C)c1cccc([N+](=O)[O-])c1. The highest BCUT2D eigenvalue weighted by Crippen LogP contribution is 2.21. The minimum Gasteiger partial charge on any atom is -0.395 e. The van der Waals surface area contributed by atoms with Crippen LogP contribution in [0.2, 0.25) is 0 Å². The van der Waals surface area contributed by atoms with E-state index in [1.165, 1.54) is 6.07 Å². The number of thioether (sulfide) groups is 1. The highest BCUT2D eigenvalue weighted by atomic mass is 32.2. The Morgan fingerprint density at radius 3 is 2.68 bits per heavy atom. The number of rotatable bonds is 7. The fourth-order valence-electron chi connectivity index (χ4n) is 1.94. The molecule has 0 saturated carbocycles. The second-order valence-electron chi connectivity index (χ2n) is 4.49. The third kappa shape index (κ3) is 4.49. The third-order valence-electron chi connectivity index (χ3n) is 3.13. The van der Waals surface area contributed by atoms with Gasteiger partial charge in [0.05, 0.1) is 11.5 Å². The van der Waals surface area contributed by atoms with E-state index in [1.807, 2.05) is 26.2 Å². The van der Waals surface area contributed by atoms with Crippen LogP contribution in [0, 0.1) is 10.1 Å². The highest BCUT2D eigenvalue weighted by molar-refractivity contribution is 7.99. The molecule has 0 radical (unpaired) electrons. The van der Waals surface area contributed by atoms with Crippen molar-refractivity contribution < 1.29 is 10.0 Å². The Kier molecular flexibility index (Phi) is 6.27. The summed E-state index contributed by atoms with van der Waals surface area (Å²) in [5.41, 5.74) is 0.973. The quantitative estimate of drug-likeness (QED) is 0.594. The van der Waals surface area contributed by atoms with Crippen LogP contribution in [0.3, 0.4) is 0 Å². The van der Waals surface area contributed by atoms with E-state index in [-0.39, 0.29) is 29.6 Å². The number of nitrogens with zero attached hydrogens (tertiary/aromatic N) is 1. The molecule has 0 amide bonds. The molecule has 6 heteroatoms. The van der Waals surface area contributed by atoms with Crippen LogP contribution in [0.5, 0.6) is 0 Å². The van der Waals surface area contributed by atoms with Crippen LogP contribution < -0.4 is 5.32 Å². The molecule has 1 aromatic carbocycles. The number of nitrogens with one attached hydrogen (secondary N) is 1. The second kappa shape index (κ2) is 7.47. The number of hydrogen-bond acceptors (Lipinski definition) is 5. The largest absolute Gasteiger partial charge is 0.395 e. The van der Waals surface area contributed by atoms with Gasteiger partial charge in [-0.25, -0.2) is 0 Å². The molecule has 0 aromatic heterocycles. The van der Waals surface area contributed by atoms with E-state index in [2.05, 4.69) is 5.32 Å². The van der Waals surface area contributed by atoms with E-state index in [9.17, 15) is 15.2 Å². The molecule has 5 nitrogen and oxygen atoms in total. The van der Waals surface area contributed by atoms with Gasteiger partial charge in [-0.1, -0.05) is 12.1 Å². The number of aliphatic hydroxyl groups excluding tert-OH is 1.